The van der Waals surface area contributed by atoms with Crippen LogP contribution in [0, 0.1) is 4.84 Å². The van der Waals surface area contributed by atoms with E-state index >= 15 is 0 Å². The minimum absolute atomic E-state index is 0.299. The van der Waals surface area contributed by atoms with Crippen LogP contribution in [0.2, 0.25) is 0 Å². The Balaban J connectivity index is 1.74. The first-order valence-electron chi connectivity index (χ1n) is 7.23. The van der Waals surface area contributed by atoms with Crippen LogP contribution in [0.15, 0.2) is 34.7 Å². The number of hydrogen-bond donors (Lipinski definition) is 0. The lowest BCUT2D eigenvalue weighted by Crippen LogP contribution is -2.43. The highest BCUT2D eigenvalue weighted by Crippen LogP contribution is 2.17. The Labute approximate surface area is 129 Å². The van der Waals surface area contributed by atoms with Crippen molar-refractivity contribution in [3.63, 3.8) is 0 Å². The molecule has 1 atom stereocenters. The maximum atomic E-state index is 5.68. The Morgan fingerprint density at radius 1 is 1.33 bits per heavy atom. The van der Waals surface area contributed by atoms with Crippen molar-refractivity contribution in [3.8, 4) is 11.5 Å². The fourth-order valence-electron chi connectivity index (χ4n) is 2.44. The van der Waals surface area contributed by atoms with Gasteiger partial charge in [0, 0.05) is 18.7 Å². The van der Waals surface area contributed by atoms with Crippen molar-refractivity contribution in [2.75, 3.05) is 19.7 Å². The zero-order valence-electron chi connectivity index (χ0n) is 12.1. The first kappa shape index (κ1) is 14.4. The minimum Gasteiger partial charge on any atom is -0.409 e. The summed E-state index contributed by atoms with van der Waals surface area (Å²) >= 11 is 5.28. The molecule has 0 bridgehead atoms. The van der Waals surface area contributed by atoms with Gasteiger partial charge in [-0.1, -0.05) is 25.1 Å². The molecule has 1 fully saturated rings. The van der Waals surface area contributed by atoms with Gasteiger partial charge in [-0.2, -0.15) is 0 Å². The van der Waals surface area contributed by atoms with E-state index in [2.05, 4.69) is 16.9 Å². The van der Waals surface area contributed by atoms with Crippen LogP contribution in [0.4, 0.5) is 0 Å². The van der Waals surface area contributed by atoms with Crippen LogP contribution in [0.3, 0.4) is 0 Å². The Bertz CT molecular complexity index is 638. The van der Waals surface area contributed by atoms with E-state index in [9.17, 15) is 0 Å². The maximum absolute atomic E-state index is 5.68. The number of morpholine rings is 1. The van der Waals surface area contributed by atoms with E-state index in [-0.39, 0.29) is 0 Å². The highest BCUT2D eigenvalue weighted by Gasteiger charge is 2.20. The van der Waals surface area contributed by atoms with Crippen molar-refractivity contribution in [1.29, 1.82) is 0 Å². The molecule has 0 aliphatic carbocycles. The maximum Gasteiger partial charge on any atom is 0.288 e. The third kappa shape index (κ3) is 3.40. The number of hydrogen-bond acceptors (Lipinski definition) is 5. The van der Waals surface area contributed by atoms with Crippen molar-refractivity contribution in [3.05, 3.63) is 35.2 Å². The van der Waals surface area contributed by atoms with Gasteiger partial charge in [0.1, 0.15) is 0 Å². The van der Waals surface area contributed by atoms with Crippen LogP contribution >= 0.6 is 12.2 Å². The minimum atomic E-state index is 0.299. The van der Waals surface area contributed by atoms with E-state index in [1.165, 1.54) is 0 Å². The van der Waals surface area contributed by atoms with Gasteiger partial charge < -0.3 is 9.15 Å². The molecule has 1 aromatic heterocycles. The lowest BCUT2D eigenvalue weighted by molar-refractivity contribution is -0.0414. The van der Waals surface area contributed by atoms with Crippen LogP contribution in [0.1, 0.15) is 13.3 Å². The van der Waals surface area contributed by atoms with Gasteiger partial charge in [-0.25, -0.2) is 4.68 Å². The molecule has 5 nitrogen and oxygen atoms in total. The molecular weight excluding hydrogens is 286 g/mol. The molecule has 0 spiro atoms. The second-order valence-corrected chi connectivity index (χ2v) is 5.51. The van der Waals surface area contributed by atoms with E-state index in [0.717, 1.165) is 31.7 Å². The first-order valence-corrected chi connectivity index (χ1v) is 7.64. The Morgan fingerprint density at radius 3 is 2.90 bits per heavy atom. The van der Waals surface area contributed by atoms with E-state index in [0.29, 0.717) is 23.5 Å². The van der Waals surface area contributed by atoms with Crippen molar-refractivity contribution >= 4 is 12.2 Å². The summed E-state index contributed by atoms with van der Waals surface area (Å²) < 4.78 is 13.0. The predicted octanol–water partition coefficient (Wildman–Crippen LogP) is 2.94. The number of aromatic nitrogens is 2. The highest BCUT2D eigenvalue weighted by molar-refractivity contribution is 7.71. The Hall–Kier alpha value is -1.50. The van der Waals surface area contributed by atoms with Gasteiger partial charge in [-0.05, 0) is 30.8 Å². The second kappa shape index (κ2) is 6.51. The standard InChI is InChI=1S/C15H19N3O2S/c1-2-13-10-17(8-9-19-13)11-18-15(21)20-14(16-18)12-6-4-3-5-7-12/h3-7,13H,2,8-11H2,1H3/t13-/m1/s1. The average molecular weight is 305 g/mol. The number of rotatable bonds is 4. The zero-order valence-corrected chi connectivity index (χ0v) is 12.9. The zero-order chi connectivity index (χ0) is 14.7. The molecule has 1 aliphatic rings. The van der Waals surface area contributed by atoms with Crippen LogP contribution in [-0.2, 0) is 11.4 Å². The second-order valence-electron chi connectivity index (χ2n) is 5.16. The molecule has 0 unspecified atom stereocenters. The molecule has 0 N–H and O–H groups in total. The van der Waals surface area contributed by atoms with Crippen LogP contribution in [0.5, 0.6) is 0 Å². The number of nitrogens with zero attached hydrogens (tertiary/aromatic N) is 3. The van der Waals surface area contributed by atoms with Crippen molar-refractivity contribution in [1.82, 2.24) is 14.7 Å². The third-order valence-electron chi connectivity index (χ3n) is 3.64. The fraction of sp³-hybridized carbons (Fsp3) is 0.467. The molecule has 6 heteroatoms. The average Bonchev–Trinajstić information content (AvgIpc) is 2.89. The molecule has 21 heavy (non-hydrogen) atoms. The van der Waals surface area contributed by atoms with Crippen molar-refractivity contribution in [2.45, 2.75) is 26.1 Å². The van der Waals surface area contributed by atoms with E-state index in [1.54, 1.807) is 4.68 Å². The van der Waals surface area contributed by atoms with Gasteiger partial charge in [0.25, 0.3) is 4.84 Å². The van der Waals surface area contributed by atoms with E-state index in [1.807, 2.05) is 30.3 Å². The molecule has 112 valence electrons. The van der Waals surface area contributed by atoms with Crippen molar-refractivity contribution in [2.24, 2.45) is 0 Å². The van der Waals surface area contributed by atoms with Crippen LogP contribution in [-0.4, -0.2) is 40.5 Å². The van der Waals surface area contributed by atoms with Crippen molar-refractivity contribution < 1.29 is 9.15 Å². The smallest absolute Gasteiger partial charge is 0.288 e. The van der Waals surface area contributed by atoms with Gasteiger partial charge in [0.05, 0.1) is 19.4 Å². The Morgan fingerprint density at radius 2 is 2.14 bits per heavy atom. The summed E-state index contributed by atoms with van der Waals surface area (Å²) in [5, 5.41) is 4.49. The van der Waals surface area contributed by atoms with Gasteiger partial charge in [-0.15, -0.1) is 5.10 Å². The molecule has 1 aromatic carbocycles. The van der Waals surface area contributed by atoms with E-state index in [4.69, 9.17) is 21.4 Å². The molecule has 1 saturated heterocycles. The summed E-state index contributed by atoms with van der Waals surface area (Å²) in [5.41, 5.74) is 0.941. The molecule has 1 aliphatic heterocycles. The molecule has 3 rings (SSSR count). The Kier molecular flexibility index (Phi) is 4.48. The molecule has 2 heterocycles. The van der Waals surface area contributed by atoms with Crippen LogP contribution < -0.4 is 0 Å². The molecule has 2 aromatic rings. The summed E-state index contributed by atoms with van der Waals surface area (Å²) in [7, 11) is 0. The number of benzene rings is 1. The molecule has 0 amide bonds. The quantitative estimate of drug-likeness (QED) is 0.813. The van der Waals surface area contributed by atoms with Gasteiger partial charge in [-0.3, -0.25) is 4.90 Å². The lowest BCUT2D eigenvalue weighted by Gasteiger charge is -2.31. The fourth-order valence-corrected chi connectivity index (χ4v) is 2.62. The molecule has 0 radical (unpaired) electrons. The topological polar surface area (TPSA) is 43.4 Å². The summed E-state index contributed by atoms with van der Waals surface area (Å²) in [6.45, 7) is 5.35. The summed E-state index contributed by atoms with van der Waals surface area (Å²) in [4.78, 5) is 2.71. The molecular formula is C15H19N3O2S. The third-order valence-corrected chi connectivity index (χ3v) is 3.93. The van der Waals surface area contributed by atoms with Gasteiger partial charge in [0.2, 0.25) is 5.89 Å². The van der Waals surface area contributed by atoms with Gasteiger partial charge in [0.15, 0.2) is 0 Å². The SMILES string of the molecule is CC[C@@H]1CN(Cn2nc(-c3ccccc3)oc2=S)CCO1. The normalized spacial score (nSPS) is 19.8. The van der Waals surface area contributed by atoms with Crippen LogP contribution in [0.25, 0.3) is 11.5 Å². The summed E-state index contributed by atoms with van der Waals surface area (Å²) in [6.07, 6.45) is 1.32. The summed E-state index contributed by atoms with van der Waals surface area (Å²) in [5.74, 6) is 0.570. The van der Waals surface area contributed by atoms with E-state index < -0.39 is 0 Å². The summed E-state index contributed by atoms with van der Waals surface area (Å²) in [6, 6.07) is 9.81. The number of ether oxygens (including phenoxy) is 1. The molecule has 0 saturated carbocycles. The monoisotopic (exact) mass is 305 g/mol. The predicted molar refractivity (Wildman–Crippen MR) is 82.4 cm³/mol. The van der Waals surface area contributed by atoms with Gasteiger partial charge >= 0.3 is 0 Å². The highest BCUT2D eigenvalue weighted by atomic mass is 32.1. The largest absolute Gasteiger partial charge is 0.409 e. The lowest BCUT2D eigenvalue weighted by atomic mass is 10.2. The first-order chi connectivity index (χ1) is 10.3.